The third-order valence-electron chi connectivity index (χ3n) is 4.05. The van der Waals surface area contributed by atoms with Gasteiger partial charge in [0.15, 0.2) is 0 Å². The molecular weight excluding hydrogens is 304 g/mol. The second-order valence-electron chi connectivity index (χ2n) is 5.79. The molecule has 0 atom stereocenters. The third-order valence-corrected chi connectivity index (χ3v) is 4.05. The molecule has 0 unspecified atom stereocenters. The van der Waals surface area contributed by atoms with E-state index in [4.69, 9.17) is 5.73 Å². The molecule has 7 heteroatoms. The van der Waals surface area contributed by atoms with Crippen molar-refractivity contribution in [2.24, 2.45) is 0 Å². The summed E-state index contributed by atoms with van der Waals surface area (Å²) in [5.74, 6) is 1.53. The van der Waals surface area contributed by atoms with E-state index in [1.54, 1.807) is 12.1 Å². The summed E-state index contributed by atoms with van der Waals surface area (Å²) in [7, 11) is 0. The number of nitrogens with two attached hydrogens (primary N) is 1. The minimum absolute atomic E-state index is 0.0283. The molecule has 0 bridgehead atoms. The monoisotopic (exact) mass is 326 g/mol. The van der Waals surface area contributed by atoms with Crippen LogP contribution in [-0.4, -0.2) is 53.5 Å². The van der Waals surface area contributed by atoms with Crippen molar-refractivity contribution in [2.75, 3.05) is 48.7 Å². The Morgan fingerprint density at radius 1 is 1.12 bits per heavy atom. The number of pyridine rings is 2. The van der Waals surface area contributed by atoms with Crippen molar-refractivity contribution in [2.45, 2.75) is 6.42 Å². The number of nitrogens with zero attached hydrogens (tertiary/aromatic N) is 4. The molecule has 2 aromatic rings. The predicted octanol–water partition coefficient (Wildman–Crippen LogP) is 1.21. The number of rotatable bonds is 5. The van der Waals surface area contributed by atoms with Crippen molar-refractivity contribution < 1.29 is 4.79 Å². The zero-order valence-corrected chi connectivity index (χ0v) is 13.6. The fourth-order valence-electron chi connectivity index (χ4n) is 2.69. The summed E-state index contributed by atoms with van der Waals surface area (Å²) < 4.78 is 0. The number of carbonyl (C=O) groups is 1. The Labute approximate surface area is 141 Å². The zero-order valence-electron chi connectivity index (χ0n) is 13.6. The van der Waals surface area contributed by atoms with Gasteiger partial charge < -0.3 is 16.0 Å². The van der Waals surface area contributed by atoms with Gasteiger partial charge in [-0.2, -0.15) is 0 Å². The number of nitrogens with one attached hydrogen (secondary N) is 1. The molecule has 7 nitrogen and oxygen atoms in total. The maximum Gasteiger partial charge on any atom is 0.226 e. The molecule has 0 spiro atoms. The van der Waals surface area contributed by atoms with E-state index in [1.165, 1.54) is 6.20 Å². The highest BCUT2D eigenvalue weighted by molar-refractivity contribution is 5.89. The number of amides is 1. The fraction of sp³-hybridized carbons (Fsp3) is 0.353. The van der Waals surface area contributed by atoms with Gasteiger partial charge in [0.05, 0.1) is 11.9 Å². The quantitative estimate of drug-likeness (QED) is 0.859. The van der Waals surface area contributed by atoms with Crippen LogP contribution in [0.2, 0.25) is 0 Å². The van der Waals surface area contributed by atoms with E-state index in [0.29, 0.717) is 17.9 Å². The van der Waals surface area contributed by atoms with E-state index < -0.39 is 0 Å². The Kier molecular flexibility index (Phi) is 5.22. The van der Waals surface area contributed by atoms with Crippen LogP contribution in [0.4, 0.5) is 17.3 Å². The van der Waals surface area contributed by atoms with Gasteiger partial charge in [0.1, 0.15) is 11.6 Å². The van der Waals surface area contributed by atoms with E-state index in [9.17, 15) is 4.79 Å². The first-order valence-corrected chi connectivity index (χ1v) is 8.10. The smallest absolute Gasteiger partial charge is 0.226 e. The summed E-state index contributed by atoms with van der Waals surface area (Å²) in [6.07, 6.45) is 3.80. The van der Waals surface area contributed by atoms with Crippen molar-refractivity contribution in [3.63, 3.8) is 0 Å². The minimum atomic E-state index is -0.0283. The van der Waals surface area contributed by atoms with Gasteiger partial charge in [0.2, 0.25) is 5.91 Å². The second-order valence-corrected chi connectivity index (χ2v) is 5.79. The van der Waals surface area contributed by atoms with Crippen LogP contribution in [0.25, 0.3) is 0 Å². The van der Waals surface area contributed by atoms with Crippen LogP contribution >= 0.6 is 0 Å². The molecule has 2 aromatic heterocycles. The molecule has 0 saturated carbocycles. The zero-order chi connectivity index (χ0) is 16.8. The lowest BCUT2D eigenvalue weighted by atomic mass is 10.2. The first-order chi connectivity index (χ1) is 11.7. The maximum atomic E-state index is 12.0. The van der Waals surface area contributed by atoms with Crippen molar-refractivity contribution in [1.29, 1.82) is 0 Å². The highest BCUT2D eigenvalue weighted by Gasteiger charge is 2.18. The molecule has 1 aliphatic rings. The Morgan fingerprint density at radius 2 is 1.96 bits per heavy atom. The Hall–Kier alpha value is -2.67. The Morgan fingerprint density at radius 3 is 2.62 bits per heavy atom. The van der Waals surface area contributed by atoms with Crippen molar-refractivity contribution in [3.05, 3.63) is 42.7 Å². The van der Waals surface area contributed by atoms with Gasteiger partial charge in [-0.15, -0.1) is 0 Å². The highest BCUT2D eigenvalue weighted by Crippen LogP contribution is 2.13. The van der Waals surface area contributed by atoms with E-state index >= 15 is 0 Å². The number of carbonyl (C=O) groups excluding carboxylic acids is 1. The second kappa shape index (κ2) is 7.74. The van der Waals surface area contributed by atoms with Gasteiger partial charge in [-0.1, -0.05) is 6.07 Å². The van der Waals surface area contributed by atoms with E-state index in [0.717, 1.165) is 38.5 Å². The molecule has 3 N–H and O–H groups in total. The first-order valence-electron chi connectivity index (χ1n) is 8.10. The Bertz CT molecular complexity index is 653. The number of hydrogen-bond acceptors (Lipinski definition) is 6. The third kappa shape index (κ3) is 4.42. The lowest BCUT2D eigenvalue weighted by molar-refractivity contribution is -0.116. The molecule has 126 valence electrons. The van der Waals surface area contributed by atoms with Crippen LogP contribution in [0.3, 0.4) is 0 Å². The van der Waals surface area contributed by atoms with Crippen LogP contribution in [0, 0.1) is 0 Å². The van der Waals surface area contributed by atoms with Crippen LogP contribution < -0.4 is 16.0 Å². The van der Waals surface area contributed by atoms with E-state index in [1.807, 2.05) is 24.4 Å². The normalized spacial score (nSPS) is 15.2. The number of piperazine rings is 1. The average molecular weight is 326 g/mol. The summed E-state index contributed by atoms with van der Waals surface area (Å²) in [6.45, 7) is 4.47. The summed E-state index contributed by atoms with van der Waals surface area (Å²) in [5, 5.41) is 2.79. The molecule has 0 radical (unpaired) electrons. The minimum Gasteiger partial charge on any atom is -0.397 e. The average Bonchev–Trinajstić information content (AvgIpc) is 2.63. The Balaban J connectivity index is 1.40. The molecule has 3 heterocycles. The van der Waals surface area contributed by atoms with E-state index in [-0.39, 0.29) is 5.91 Å². The van der Waals surface area contributed by atoms with Gasteiger partial charge in [-0.05, 0) is 24.3 Å². The summed E-state index contributed by atoms with van der Waals surface area (Å²) in [4.78, 5) is 25.0. The van der Waals surface area contributed by atoms with Gasteiger partial charge >= 0.3 is 0 Å². The SMILES string of the molecule is Nc1ccc(NC(=O)CCN2CCN(c3ccccn3)CC2)nc1. The van der Waals surface area contributed by atoms with Crippen LogP contribution in [0.1, 0.15) is 6.42 Å². The van der Waals surface area contributed by atoms with Gasteiger partial charge in [0, 0.05) is 45.3 Å². The topological polar surface area (TPSA) is 87.4 Å². The van der Waals surface area contributed by atoms with Gasteiger partial charge in [0.25, 0.3) is 0 Å². The largest absolute Gasteiger partial charge is 0.397 e. The van der Waals surface area contributed by atoms with Crippen molar-refractivity contribution >= 4 is 23.2 Å². The molecule has 1 fully saturated rings. The summed E-state index contributed by atoms with van der Waals surface area (Å²) >= 11 is 0. The maximum absolute atomic E-state index is 12.0. The standard InChI is InChI=1S/C17H22N6O/c18-14-4-5-15(20-13-14)21-17(24)6-8-22-9-11-23(12-10-22)16-3-1-2-7-19-16/h1-5,7,13H,6,8-12,18H2,(H,20,21,24). The van der Waals surface area contributed by atoms with Crippen LogP contribution in [-0.2, 0) is 4.79 Å². The van der Waals surface area contributed by atoms with Crippen LogP contribution in [0.5, 0.6) is 0 Å². The number of aromatic nitrogens is 2. The molecule has 1 amide bonds. The van der Waals surface area contributed by atoms with Crippen molar-refractivity contribution in [1.82, 2.24) is 14.9 Å². The molecular formula is C17H22N6O. The molecule has 1 saturated heterocycles. The highest BCUT2D eigenvalue weighted by atomic mass is 16.1. The molecule has 24 heavy (non-hydrogen) atoms. The lowest BCUT2D eigenvalue weighted by Gasteiger charge is -2.35. The van der Waals surface area contributed by atoms with E-state index in [2.05, 4.69) is 25.1 Å². The number of anilines is 3. The molecule has 3 rings (SSSR count). The molecule has 1 aliphatic heterocycles. The van der Waals surface area contributed by atoms with Crippen molar-refractivity contribution in [3.8, 4) is 0 Å². The van der Waals surface area contributed by atoms with Crippen LogP contribution in [0.15, 0.2) is 42.7 Å². The summed E-state index contributed by atoms with van der Waals surface area (Å²) in [5.41, 5.74) is 6.16. The predicted molar refractivity (Wildman–Crippen MR) is 94.8 cm³/mol. The fourth-order valence-corrected chi connectivity index (χ4v) is 2.69. The van der Waals surface area contributed by atoms with Gasteiger partial charge in [-0.3, -0.25) is 9.69 Å². The first kappa shape index (κ1) is 16.2. The molecule has 0 aromatic carbocycles. The number of nitrogen functional groups attached to an aromatic ring is 1. The molecule has 0 aliphatic carbocycles. The number of hydrogen-bond donors (Lipinski definition) is 2. The summed E-state index contributed by atoms with van der Waals surface area (Å²) in [6, 6.07) is 9.39. The lowest BCUT2D eigenvalue weighted by Crippen LogP contribution is -2.47. The van der Waals surface area contributed by atoms with Gasteiger partial charge in [-0.25, -0.2) is 9.97 Å².